The number of fused-ring (bicyclic) bond motifs is 2. The van der Waals surface area contributed by atoms with Crippen molar-refractivity contribution in [3.8, 4) is 40.6 Å². The summed E-state index contributed by atoms with van der Waals surface area (Å²) in [6, 6.07) is 45.7. The fourth-order valence-corrected chi connectivity index (χ4v) is 10.7. The maximum absolute atomic E-state index is 12.3. The summed E-state index contributed by atoms with van der Waals surface area (Å²) < 4.78 is 63.0. The van der Waals surface area contributed by atoms with Crippen molar-refractivity contribution in [3.63, 3.8) is 0 Å². The molecule has 0 spiro atoms. The number of hydrogen-bond donors (Lipinski definition) is 0. The zero-order chi connectivity index (χ0) is 55.0. The number of benzene rings is 7. The Morgan fingerprint density at radius 2 is 0.836 bits per heavy atom. The van der Waals surface area contributed by atoms with Gasteiger partial charge in [-0.3, -0.25) is 0 Å². The Labute approximate surface area is 470 Å². The summed E-state index contributed by atoms with van der Waals surface area (Å²) in [6.07, 6.45) is 5.12. The zero-order valence-corrected chi connectivity index (χ0v) is 52.5. The van der Waals surface area contributed by atoms with Crippen molar-refractivity contribution in [2.45, 2.75) is 71.4 Å². The number of hydrogen-bond acceptors (Lipinski definition) is 3. The van der Waals surface area contributed by atoms with Gasteiger partial charge in [-0.1, -0.05) is 232 Å². The maximum Gasteiger partial charge on any atom is -0.0134 e. The van der Waals surface area contributed by atoms with Gasteiger partial charge in [0, 0.05) is 32.7 Å². The molecule has 0 amide bonds. The van der Waals surface area contributed by atoms with Crippen LogP contribution in [-0.2, 0) is 26.1 Å². The molecule has 7 aromatic rings. The third kappa shape index (κ3) is 20.7. The Balaban J connectivity index is 0.000000267. The molecule has 0 unspecified atom stereocenters. The van der Waals surface area contributed by atoms with E-state index in [-0.39, 0.29) is 21.0 Å². The van der Waals surface area contributed by atoms with E-state index in [1.54, 1.807) is 13.0 Å². The van der Waals surface area contributed by atoms with E-state index >= 15 is 0 Å². The van der Waals surface area contributed by atoms with Crippen molar-refractivity contribution in [2.75, 3.05) is 0 Å². The first-order valence-electron chi connectivity index (χ1n) is 22.1. The van der Waals surface area contributed by atoms with E-state index in [0.717, 1.165) is 33.5 Å². The molecular formula is C55H54Cl6F3O3PPdSSi3. The first kappa shape index (κ1) is 64.1. The van der Waals surface area contributed by atoms with Crippen molar-refractivity contribution in [1.82, 2.24) is 0 Å². The third-order valence-electron chi connectivity index (χ3n) is 9.40. The normalized spacial score (nSPS) is 11.3. The van der Waals surface area contributed by atoms with Crippen molar-refractivity contribution < 1.29 is 41.7 Å². The molecule has 18 heteroatoms. The van der Waals surface area contributed by atoms with Crippen LogP contribution in [0.5, 0.6) is 5.75 Å². The summed E-state index contributed by atoms with van der Waals surface area (Å²) >= 11 is 25.0. The molecule has 73 heavy (non-hydrogen) atoms. The molecule has 0 radical (unpaired) electrons. The van der Waals surface area contributed by atoms with Crippen LogP contribution >= 0.6 is 73.4 Å². The van der Waals surface area contributed by atoms with Crippen LogP contribution in [0.25, 0.3) is 21.5 Å². The second-order valence-electron chi connectivity index (χ2n) is 18.9. The second kappa shape index (κ2) is 28.8. The van der Waals surface area contributed by atoms with Crippen LogP contribution in [0.2, 0.25) is 79.0 Å². The number of aryl methyl sites for hydroxylation is 1. The number of alkyl halides is 3. The minimum atomic E-state index is -5.78. The van der Waals surface area contributed by atoms with Crippen molar-refractivity contribution in [2.24, 2.45) is 0 Å². The van der Waals surface area contributed by atoms with Crippen LogP contribution in [0.15, 0.2) is 140 Å². The first-order valence-corrected chi connectivity index (χ1v) is 40.8. The second-order valence-corrected chi connectivity index (χ2v) is 40.8. The fraction of sp³-hybridized carbons (Fsp3) is 0.200. The van der Waals surface area contributed by atoms with Gasteiger partial charge in [0.15, 0.2) is 5.75 Å². The number of terminal acetylenes is 1. The molecule has 3 nitrogen and oxygen atoms in total. The van der Waals surface area contributed by atoms with Crippen LogP contribution < -0.4 is 20.1 Å². The molecular weight excluding hydrogens is 1230 g/mol. The summed E-state index contributed by atoms with van der Waals surface area (Å²) in [4.78, 5) is 0. The van der Waals surface area contributed by atoms with E-state index in [2.05, 4.69) is 183 Å². The Bertz CT molecular complexity index is 3080. The Morgan fingerprint density at radius 1 is 0.521 bits per heavy atom. The summed E-state index contributed by atoms with van der Waals surface area (Å²) in [5.41, 5.74) is 6.41. The van der Waals surface area contributed by atoms with Crippen LogP contribution in [0.1, 0.15) is 16.7 Å². The molecule has 0 aliphatic rings. The molecule has 0 heterocycles. The standard InChI is InChI=1S/C20H22Cl2Si2.C18H15P.C12H7Cl2F3O3S.C5H10Si.2ClH.Pd/c1-23(2,3)13-11-15-7-9-18-17(19(15)21)10-8-16(20(18)22)12-14-24(4,5)6;1-4-10-16(11-5-1)19(17-12-6-2-7-13-17)18-14-8-3-9-15-18;1-6-2-3-8-7(10(6)13)4-5-9(11(8)14)20-21(18,19)12(15,16)17;1-5-6(2,3)4;;;/h7-10H,1-6H3;1-15H;2-5H,1H3;1H,2-4H3;2*1H;/q;;;;;;+2/p-2. The molecule has 0 bridgehead atoms. The Hall–Kier alpha value is -3.24. The molecule has 0 saturated carbocycles. The van der Waals surface area contributed by atoms with E-state index in [4.69, 9.17) is 71.9 Å². The van der Waals surface area contributed by atoms with Gasteiger partial charge in [0.25, 0.3) is 0 Å². The Morgan fingerprint density at radius 3 is 1.16 bits per heavy atom. The molecule has 0 aromatic heterocycles. The van der Waals surface area contributed by atoms with Gasteiger partial charge in [0.1, 0.15) is 24.2 Å². The topological polar surface area (TPSA) is 43.4 Å². The molecule has 7 rings (SSSR count). The molecule has 388 valence electrons. The third-order valence-corrected chi connectivity index (χ3v) is 17.1. The van der Waals surface area contributed by atoms with Crippen LogP contribution in [0.3, 0.4) is 0 Å². The predicted octanol–water partition coefficient (Wildman–Crippen LogP) is 17.6. The smallest absolute Gasteiger partial charge is 0.0134 e. The summed E-state index contributed by atoms with van der Waals surface area (Å²) in [7, 11) is -0.578. The SMILES string of the molecule is C#C[Si](C)(C)C.C[Si](C)(C)C#Cc1ccc2c(Cl)c(C#C[Si](C)(C)C)ccc2c1Cl.Cc1ccc2c(Cl)c(OS(=O)(=O)C(F)(F)F)ccc2c1Cl.[Cl][Pd][Cl].c1ccc(P(c2ccccc2)c2ccccc2)cc1. The van der Waals surface area contributed by atoms with Gasteiger partial charge in [-0.25, -0.2) is 0 Å². The average Bonchev–Trinajstić information content (AvgIpc) is 3.31. The quantitative estimate of drug-likeness (QED) is 0.0567. The molecule has 0 atom stereocenters. The number of halogens is 9. The van der Waals surface area contributed by atoms with Crippen molar-refractivity contribution >= 4 is 145 Å². The predicted molar refractivity (Wildman–Crippen MR) is 318 cm³/mol. The van der Waals surface area contributed by atoms with Gasteiger partial charge >= 0.3 is 50.6 Å². The van der Waals surface area contributed by atoms with Gasteiger partial charge in [-0.15, -0.1) is 23.1 Å². The van der Waals surface area contributed by atoms with Gasteiger partial charge in [-0.2, -0.15) is 21.6 Å². The summed E-state index contributed by atoms with van der Waals surface area (Å²) in [6.45, 7) is 21.5. The minimum absolute atomic E-state index is 0.106. The molecule has 0 aliphatic carbocycles. The molecule has 0 fully saturated rings. The van der Waals surface area contributed by atoms with E-state index in [1.807, 2.05) is 24.3 Å². The van der Waals surface area contributed by atoms with Gasteiger partial charge in [0.2, 0.25) is 0 Å². The summed E-state index contributed by atoms with van der Waals surface area (Å²) in [5, 5.41) is 8.29. The minimum Gasteiger partial charge on any atom is -0.0622 e. The Kier molecular flexibility index (Phi) is 25.2. The molecule has 0 saturated heterocycles. The van der Waals surface area contributed by atoms with E-state index < -0.39 is 53.5 Å². The van der Waals surface area contributed by atoms with Gasteiger partial charge < -0.3 is 4.18 Å². The first-order chi connectivity index (χ1) is 33.9. The van der Waals surface area contributed by atoms with E-state index in [1.165, 1.54) is 28.0 Å². The van der Waals surface area contributed by atoms with Crippen LogP contribution in [-0.4, -0.2) is 38.1 Å². The van der Waals surface area contributed by atoms with Gasteiger partial charge in [0.05, 0.1) is 20.1 Å². The van der Waals surface area contributed by atoms with E-state index in [0.29, 0.717) is 25.8 Å². The maximum atomic E-state index is 12.3. The fourth-order valence-electron chi connectivity index (χ4n) is 5.86. The van der Waals surface area contributed by atoms with Crippen molar-refractivity contribution in [1.29, 1.82) is 0 Å². The van der Waals surface area contributed by atoms with E-state index in [9.17, 15) is 21.6 Å². The molecule has 7 aromatic carbocycles. The number of rotatable bonds is 5. The van der Waals surface area contributed by atoms with Crippen LogP contribution in [0.4, 0.5) is 13.2 Å². The summed E-state index contributed by atoms with van der Waals surface area (Å²) in [5.74, 6) is 5.87. The van der Waals surface area contributed by atoms with Gasteiger partial charge in [-0.05, 0) is 60.6 Å². The zero-order valence-electron chi connectivity index (χ0n) is 41.7. The average molecular weight is 1290 g/mol. The monoisotopic (exact) mass is 1280 g/mol. The largest absolute Gasteiger partial charge is 0.0622 e. The van der Waals surface area contributed by atoms with Crippen molar-refractivity contribution in [3.05, 3.63) is 176 Å². The molecule has 0 N–H and O–H groups in total. The molecule has 0 aliphatic heterocycles. The van der Waals surface area contributed by atoms with Crippen LogP contribution in [0, 0.1) is 41.8 Å².